The molecule has 0 aliphatic heterocycles. The van der Waals surface area contributed by atoms with Crippen LogP contribution in [0.1, 0.15) is 5.56 Å². The van der Waals surface area contributed by atoms with Gasteiger partial charge in [-0.05, 0) is 24.3 Å². The summed E-state index contributed by atoms with van der Waals surface area (Å²) in [6, 6.07) is 14.3. The smallest absolute Gasteiger partial charge is 0.242 e. The Hall–Kier alpha value is -2.75. The van der Waals surface area contributed by atoms with Gasteiger partial charge in [0.1, 0.15) is 5.75 Å². The monoisotopic (exact) mass is 416 g/mol. The Kier molecular flexibility index (Phi) is 6.08. The minimum atomic E-state index is -3.49. The number of benzene rings is 2. The van der Waals surface area contributed by atoms with Crippen LogP contribution in [0.15, 0.2) is 63.9 Å². The molecule has 0 bridgehead atoms. The third-order valence-corrected chi connectivity index (χ3v) is 6.47. The lowest BCUT2D eigenvalue weighted by Gasteiger charge is -2.11. The lowest BCUT2D eigenvalue weighted by atomic mass is 10.2. The second-order valence-electron chi connectivity index (χ2n) is 5.97. The van der Waals surface area contributed by atoms with Crippen molar-refractivity contribution in [1.29, 1.82) is 0 Å². The highest BCUT2D eigenvalue weighted by Crippen LogP contribution is 2.27. The van der Waals surface area contributed by atoms with Crippen molar-refractivity contribution in [3.8, 4) is 17.0 Å². The topological polar surface area (TPSA) is 83.9 Å². The highest BCUT2D eigenvalue weighted by molar-refractivity contribution is 7.89. The van der Waals surface area contributed by atoms with Crippen molar-refractivity contribution in [3.05, 3.63) is 59.5 Å². The molecule has 3 rings (SSSR count). The SMILES string of the molecule is COc1ccccc1C=NNc1nc(-c2cccc(S(=O)(=O)N(C)C)c2)cs1. The van der Waals surface area contributed by atoms with Gasteiger partial charge in [-0.2, -0.15) is 5.10 Å². The molecular weight excluding hydrogens is 396 g/mol. The van der Waals surface area contributed by atoms with E-state index in [9.17, 15) is 8.42 Å². The van der Waals surface area contributed by atoms with Crippen molar-refractivity contribution in [2.24, 2.45) is 5.10 Å². The van der Waals surface area contributed by atoms with E-state index in [4.69, 9.17) is 4.74 Å². The molecule has 0 spiro atoms. The molecule has 0 saturated heterocycles. The van der Waals surface area contributed by atoms with Crippen molar-refractivity contribution in [2.75, 3.05) is 26.6 Å². The fraction of sp³-hybridized carbons (Fsp3) is 0.158. The summed E-state index contributed by atoms with van der Waals surface area (Å²) in [4.78, 5) is 4.70. The van der Waals surface area contributed by atoms with Crippen LogP contribution < -0.4 is 10.2 Å². The van der Waals surface area contributed by atoms with Crippen molar-refractivity contribution >= 4 is 32.7 Å². The molecule has 1 aromatic heterocycles. The van der Waals surface area contributed by atoms with E-state index in [2.05, 4.69) is 15.5 Å². The maximum atomic E-state index is 12.3. The number of hydrazone groups is 1. The molecule has 3 aromatic rings. The van der Waals surface area contributed by atoms with E-state index < -0.39 is 10.0 Å². The average Bonchev–Trinajstić information content (AvgIpc) is 3.17. The van der Waals surface area contributed by atoms with Crippen molar-refractivity contribution in [1.82, 2.24) is 9.29 Å². The molecule has 0 aliphatic carbocycles. The van der Waals surface area contributed by atoms with Gasteiger partial charge in [-0.25, -0.2) is 17.7 Å². The van der Waals surface area contributed by atoms with E-state index >= 15 is 0 Å². The first-order valence-corrected chi connectivity index (χ1v) is 10.6. The molecule has 0 fully saturated rings. The number of anilines is 1. The summed E-state index contributed by atoms with van der Waals surface area (Å²) in [5.41, 5.74) is 5.14. The summed E-state index contributed by atoms with van der Waals surface area (Å²) in [6.45, 7) is 0. The Morgan fingerprint density at radius 3 is 2.71 bits per heavy atom. The zero-order chi connectivity index (χ0) is 20.1. The van der Waals surface area contributed by atoms with Gasteiger partial charge in [-0.3, -0.25) is 5.43 Å². The molecule has 9 heteroatoms. The van der Waals surface area contributed by atoms with E-state index in [1.54, 1.807) is 31.5 Å². The first-order chi connectivity index (χ1) is 13.4. The lowest BCUT2D eigenvalue weighted by molar-refractivity contribution is 0.414. The number of ether oxygens (including phenoxy) is 1. The number of thiazole rings is 1. The van der Waals surface area contributed by atoms with E-state index in [0.717, 1.165) is 16.9 Å². The van der Waals surface area contributed by atoms with Gasteiger partial charge in [0, 0.05) is 30.6 Å². The standard InChI is InChI=1S/C19H20N4O3S2/c1-23(2)28(24,25)16-9-6-8-14(11-16)17-13-27-19(21-17)22-20-12-15-7-4-5-10-18(15)26-3/h4-13H,1-3H3,(H,21,22). The fourth-order valence-electron chi connectivity index (χ4n) is 2.41. The summed E-state index contributed by atoms with van der Waals surface area (Å²) >= 11 is 1.38. The minimum Gasteiger partial charge on any atom is -0.496 e. The van der Waals surface area contributed by atoms with Gasteiger partial charge in [0.2, 0.25) is 15.2 Å². The van der Waals surface area contributed by atoms with Gasteiger partial charge in [0.05, 0.1) is 23.9 Å². The van der Waals surface area contributed by atoms with Gasteiger partial charge in [-0.1, -0.05) is 24.3 Å². The van der Waals surface area contributed by atoms with Crippen LogP contribution in [-0.2, 0) is 10.0 Å². The van der Waals surface area contributed by atoms with Crippen LogP contribution in [0.5, 0.6) is 5.75 Å². The van der Waals surface area contributed by atoms with Crippen LogP contribution in [0, 0.1) is 0 Å². The van der Waals surface area contributed by atoms with Gasteiger partial charge >= 0.3 is 0 Å². The van der Waals surface area contributed by atoms with Gasteiger partial charge in [-0.15, -0.1) is 11.3 Å². The molecule has 1 heterocycles. The molecule has 0 aliphatic rings. The molecule has 146 valence electrons. The number of nitrogens with one attached hydrogen (secondary N) is 1. The molecule has 0 radical (unpaired) electrons. The number of methoxy groups -OCH3 is 1. The van der Waals surface area contributed by atoms with Gasteiger partial charge in [0.15, 0.2) is 0 Å². The lowest BCUT2D eigenvalue weighted by Crippen LogP contribution is -2.22. The van der Waals surface area contributed by atoms with E-state index in [1.807, 2.05) is 35.7 Å². The molecule has 7 nitrogen and oxygen atoms in total. The van der Waals surface area contributed by atoms with Crippen LogP contribution in [-0.4, -0.2) is 45.1 Å². The average molecular weight is 417 g/mol. The zero-order valence-electron chi connectivity index (χ0n) is 15.7. The molecule has 0 saturated carbocycles. The Labute approximate surface area is 168 Å². The molecule has 1 N–H and O–H groups in total. The second-order valence-corrected chi connectivity index (χ2v) is 8.98. The fourth-order valence-corrected chi connectivity index (χ4v) is 4.03. The summed E-state index contributed by atoms with van der Waals surface area (Å²) in [6.07, 6.45) is 1.66. The maximum absolute atomic E-state index is 12.3. The number of sulfonamides is 1. The number of para-hydroxylation sites is 1. The normalized spacial score (nSPS) is 11.9. The van der Waals surface area contributed by atoms with Crippen LogP contribution in [0.25, 0.3) is 11.3 Å². The third-order valence-electron chi connectivity index (χ3n) is 3.92. The summed E-state index contributed by atoms with van der Waals surface area (Å²) in [5, 5.41) is 6.65. The number of hydrogen-bond acceptors (Lipinski definition) is 7. The van der Waals surface area contributed by atoms with Crippen molar-refractivity contribution in [2.45, 2.75) is 4.90 Å². The second kappa shape index (κ2) is 8.51. The van der Waals surface area contributed by atoms with E-state index in [-0.39, 0.29) is 4.90 Å². The maximum Gasteiger partial charge on any atom is 0.242 e. The summed E-state index contributed by atoms with van der Waals surface area (Å²) < 4.78 is 31.1. The van der Waals surface area contributed by atoms with Crippen LogP contribution in [0.3, 0.4) is 0 Å². The number of aromatic nitrogens is 1. The first kappa shape index (κ1) is 20.0. The van der Waals surface area contributed by atoms with Crippen LogP contribution in [0.4, 0.5) is 5.13 Å². The Morgan fingerprint density at radius 1 is 1.18 bits per heavy atom. The van der Waals surface area contributed by atoms with Crippen LogP contribution >= 0.6 is 11.3 Å². The molecule has 0 atom stereocenters. The Balaban J connectivity index is 1.77. The highest BCUT2D eigenvalue weighted by Gasteiger charge is 2.18. The predicted molar refractivity (Wildman–Crippen MR) is 113 cm³/mol. The minimum absolute atomic E-state index is 0.228. The molecule has 2 aromatic carbocycles. The van der Waals surface area contributed by atoms with Crippen molar-refractivity contribution < 1.29 is 13.2 Å². The zero-order valence-corrected chi connectivity index (χ0v) is 17.3. The summed E-state index contributed by atoms with van der Waals surface area (Å²) in [5.74, 6) is 0.729. The summed E-state index contributed by atoms with van der Waals surface area (Å²) in [7, 11) is 1.13. The first-order valence-electron chi connectivity index (χ1n) is 8.32. The Morgan fingerprint density at radius 2 is 1.96 bits per heavy atom. The van der Waals surface area contributed by atoms with Gasteiger partial charge < -0.3 is 4.74 Å². The number of nitrogens with zero attached hydrogens (tertiary/aromatic N) is 3. The molecular formula is C19H20N4O3S2. The third kappa shape index (κ3) is 4.38. The number of rotatable bonds is 7. The van der Waals surface area contributed by atoms with Crippen LogP contribution in [0.2, 0.25) is 0 Å². The van der Waals surface area contributed by atoms with Gasteiger partial charge in [0.25, 0.3) is 0 Å². The van der Waals surface area contributed by atoms with Crippen molar-refractivity contribution in [3.63, 3.8) is 0 Å². The highest BCUT2D eigenvalue weighted by atomic mass is 32.2. The molecule has 0 amide bonds. The quantitative estimate of drug-likeness (QED) is 0.471. The Bertz CT molecular complexity index is 1090. The number of hydrogen-bond donors (Lipinski definition) is 1. The molecule has 28 heavy (non-hydrogen) atoms. The van der Waals surface area contributed by atoms with E-state index in [0.29, 0.717) is 10.8 Å². The molecule has 0 unspecified atom stereocenters. The predicted octanol–water partition coefficient (Wildman–Crippen LogP) is 3.52. The van der Waals surface area contributed by atoms with E-state index in [1.165, 1.54) is 29.7 Å². The largest absolute Gasteiger partial charge is 0.496 e.